The molecule has 1 saturated carbocycles. The van der Waals surface area contributed by atoms with Crippen LogP contribution >= 0.6 is 0 Å². The minimum absolute atomic E-state index is 0.0320. The van der Waals surface area contributed by atoms with Crippen molar-refractivity contribution in [1.29, 1.82) is 5.26 Å². The van der Waals surface area contributed by atoms with Gasteiger partial charge in [0, 0.05) is 12.2 Å². The lowest BCUT2D eigenvalue weighted by Gasteiger charge is -2.26. The fourth-order valence-electron chi connectivity index (χ4n) is 2.60. The first-order valence-corrected chi connectivity index (χ1v) is 6.76. The number of nitriles is 1. The number of carboxylic acids is 1. The van der Waals surface area contributed by atoms with Crippen LogP contribution in [-0.2, 0) is 4.79 Å². The molecule has 2 rings (SSSR count). The lowest BCUT2D eigenvalue weighted by Crippen LogP contribution is -2.25. The van der Waals surface area contributed by atoms with Crippen LogP contribution in [0, 0.1) is 29.0 Å². The molecule has 106 valence electrons. The lowest BCUT2D eigenvalue weighted by atomic mass is 9.82. The Morgan fingerprint density at radius 3 is 2.70 bits per heavy atom. The number of carboxylic acid groups (broad SMARTS) is 1. The highest BCUT2D eigenvalue weighted by Crippen LogP contribution is 2.29. The molecule has 0 atom stereocenters. The maximum absolute atomic E-state index is 13.2. The van der Waals surface area contributed by atoms with Gasteiger partial charge in [-0.3, -0.25) is 4.79 Å². The van der Waals surface area contributed by atoms with Crippen LogP contribution in [0.1, 0.15) is 31.2 Å². The zero-order valence-electron chi connectivity index (χ0n) is 11.1. The van der Waals surface area contributed by atoms with E-state index in [2.05, 4.69) is 5.32 Å². The van der Waals surface area contributed by atoms with E-state index in [9.17, 15) is 9.18 Å². The second-order valence-corrected chi connectivity index (χ2v) is 5.24. The molecule has 1 fully saturated rings. The number of aliphatic carboxylic acids is 1. The second kappa shape index (κ2) is 6.38. The highest BCUT2D eigenvalue weighted by atomic mass is 19.1. The van der Waals surface area contributed by atoms with E-state index < -0.39 is 11.8 Å². The summed E-state index contributed by atoms with van der Waals surface area (Å²) in [6.07, 6.45) is 3.20. The largest absolute Gasteiger partial charge is 0.481 e. The molecule has 20 heavy (non-hydrogen) atoms. The molecule has 4 nitrogen and oxygen atoms in total. The lowest BCUT2D eigenvalue weighted by molar-refractivity contribution is -0.143. The molecule has 5 heteroatoms. The number of rotatable bonds is 4. The number of nitrogens with one attached hydrogen (secondary N) is 1. The first kappa shape index (κ1) is 14.3. The van der Waals surface area contributed by atoms with Crippen molar-refractivity contribution in [3.05, 3.63) is 29.6 Å². The highest BCUT2D eigenvalue weighted by molar-refractivity contribution is 5.70. The van der Waals surface area contributed by atoms with Crippen molar-refractivity contribution < 1.29 is 14.3 Å². The van der Waals surface area contributed by atoms with Crippen LogP contribution in [0.3, 0.4) is 0 Å². The van der Waals surface area contributed by atoms with Gasteiger partial charge in [-0.2, -0.15) is 5.26 Å². The van der Waals surface area contributed by atoms with E-state index >= 15 is 0 Å². The number of anilines is 1. The minimum Gasteiger partial charge on any atom is -0.481 e. The summed E-state index contributed by atoms with van der Waals surface area (Å²) in [7, 11) is 0. The van der Waals surface area contributed by atoms with Crippen molar-refractivity contribution in [2.75, 3.05) is 11.9 Å². The summed E-state index contributed by atoms with van der Waals surface area (Å²) < 4.78 is 13.2. The SMILES string of the molecule is N#Cc1cc(NCC2CCC(C(=O)O)CC2)ccc1F. The van der Waals surface area contributed by atoms with E-state index in [0.29, 0.717) is 18.8 Å². The van der Waals surface area contributed by atoms with Crippen LogP contribution < -0.4 is 5.32 Å². The van der Waals surface area contributed by atoms with Crippen molar-refractivity contribution >= 4 is 11.7 Å². The van der Waals surface area contributed by atoms with E-state index in [4.69, 9.17) is 10.4 Å². The Hall–Kier alpha value is -2.09. The summed E-state index contributed by atoms with van der Waals surface area (Å²) in [6.45, 7) is 0.725. The van der Waals surface area contributed by atoms with Gasteiger partial charge in [-0.1, -0.05) is 0 Å². The molecule has 1 aliphatic carbocycles. The average molecular weight is 276 g/mol. The number of hydrogen-bond donors (Lipinski definition) is 2. The maximum atomic E-state index is 13.2. The van der Waals surface area contributed by atoms with Gasteiger partial charge in [-0.25, -0.2) is 4.39 Å². The molecule has 0 bridgehead atoms. The number of nitrogens with zero attached hydrogens (tertiary/aromatic N) is 1. The standard InChI is InChI=1S/C15H17FN2O2/c16-14-6-5-13(7-12(14)8-17)18-9-10-1-3-11(4-2-10)15(19)20/h5-7,10-11,18H,1-4,9H2,(H,19,20). The summed E-state index contributed by atoms with van der Waals surface area (Å²) in [6, 6.07) is 6.20. The van der Waals surface area contributed by atoms with Gasteiger partial charge in [0.15, 0.2) is 0 Å². The zero-order valence-corrected chi connectivity index (χ0v) is 11.1. The van der Waals surface area contributed by atoms with Crippen molar-refractivity contribution in [1.82, 2.24) is 0 Å². The molecule has 0 saturated heterocycles. The Bertz CT molecular complexity index is 531. The van der Waals surface area contributed by atoms with Gasteiger partial charge in [0.2, 0.25) is 0 Å². The van der Waals surface area contributed by atoms with Gasteiger partial charge in [0.1, 0.15) is 11.9 Å². The molecular formula is C15H17FN2O2. The van der Waals surface area contributed by atoms with Crippen molar-refractivity contribution in [3.8, 4) is 6.07 Å². The number of hydrogen-bond acceptors (Lipinski definition) is 3. The maximum Gasteiger partial charge on any atom is 0.306 e. The molecule has 0 aliphatic heterocycles. The van der Waals surface area contributed by atoms with Crippen LogP contribution in [0.25, 0.3) is 0 Å². The molecule has 0 heterocycles. The molecule has 1 aromatic carbocycles. The zero-order chi connectivity index (χ0) is 14.5. The summed E-state index contributed by atoms with van der Waals surface area (Å²) in [4.78, 5) is 10.9. The third-order valence-corrected chi connectivity index (χ3v) is 3.88. The minimum atomic E-state index is -0.700. The van der Waals surface area contributed by atoms with Crippen molar-refractivity contribution in [3.63, 3.8) is 0 Å². The fraction of sp³-hybridized carbons (Fsp3) is 0.467. The molecule has 0 spiro atoms. The van der Waals surface area contributed by atoms with E-state index in [-0.39, 0.29) is 11.5 Å². The predicted octanol–water partition coefficient (Wildman–Crippen LogP) is 3.00. The van der Waals surface area contributed by atoms with Crippen molar-refractivity contribution in [2.45, 2.75) is 25.7 Å². The summed E-state index contributed by atoms with van der Waals surface area (Å²) in [5.41, 5.74) is 0.757. The average Bonchev–Trinajstić information content (AvgIpc) is 2.46. The van der Waals surface area contributed by atoms with Gasteiger partial charge >= 0.3 is 5.97 Å². The van der Waals surface area contributed by atoms with Crippen LogP contribution in [0.5, 0.6) is 0 Å². The second-order valence-electron chi connectivity index (χ2n) is 5.24. The quantitative estimate of drug-likeness (QED) is 0.886. The van der Waals surface area contributed by atoms with Gasteiger partial charge in [-0.05, 0) is 49.8 Å². The van der Waals surface area contributed by atoms with Gasteiger partial charge in [0.05, 0.1) is 11.5 Å². The molecule has 2 N–H and O–H groups in total. The van der Waals surface area contributed by atoms with Crippen LogP contribution in [0.2, 0.25) is 0 Å². The summed E-state index contributed by atoms with van der Waals surface area (Å²) in [5.74, 6) is -0.989. The summed E-state index contributed by atoms with van der Waals surface area (Å²) in [5, 5.41) is 20.9. The highest BCUT2D eigenvalue weighted by Gasteiger charge is 2.25. The molecule has 0 unspecified atom stereocenters. The molecule has 0 radical (unpaired) electrons. The third kappa shape index (κ3) is 3.47. The molecule has 0 aromatic heterocycles. The van der Waals surface area contributed by atoms with E-state index in [1.165, 1.54) is 12.1 Å². The van der Waals surface area contributed by atoms with E-state index in [1.807, 2.05) is 6.07 Å². The Balaban J connectivity index is 1.85. The molecular weight excluding hydrogens is 259 g/mol. The first-order valence-electron chi connectivity index (χ1n) is 6.76. The van der Waals surface area contributed by atoms with Crippen molar-refractivity contribution in [2.24, 2.45) is 11.8 Å². The Labute approximate surface area is 117 Å². The van der Waals surface area contributed by atoms with E-state index in [1.54, 1.807) is 6.07 Å². The Morgan fingerprint density at radius 1 is 1.40 bits per heavy atom. The summed E-state index contributed by atoms with van der Waals surface area (Å²) >= 11 is 0. The van der Waals surface area contributed by atoms with Crippen LogP contribution in [0.15, 0.2) is 18.2 Å². The third-order valence-electron chi connectivity index (χ3n) is 3.88. The number of carbonyl (C=O) groups is 1. The van der Waals surface area contributed by atoms with Gasteiger partial charge in [0.25, 0.3) is 0 Å². The smallest absolute Gasteiger partial charge is 0.306 e. The molecule has 1 aliphatic rings. The topological polar surface area (TPSA) is 73.1 Å². The Kier molecular flexibility index (Phi) is 4.57. The number of halogens is 1. The van der Waals surface area contributed by atoms with Gasteiger partial charge < -0.3 is 10.4 Å². The Morgan fingerprint density at radius 2 is 2.10 bits per heavy atom. The first-order chi connectivity index (χ1) is 9.60. The van der Waals surface area contributed by atoms with Crippen LogP contribution in [0.4, 0.5) is 10.1 Å². The fourth-order valence-corrected chi connectivity index (χ4v) is 2.60. The molecule has 0 amide bonds. The van der Waals surface area contributed by atoms with Crippen LogP contribution in [-0.4, -0.2) is 17.6 Å². The normalized spacial score (nSPS) is 22.0. The van der Waals surface area contributed by atoms with Gasteiger partial charge in [-0.15, -0.1) is 0 Å². The monoisotopic (exact) mass is 276 g/mol. The molecule has 1 aromatic rings. The predicted molar refractivity (Wildman–Crippen MR) is 72.7 cm³/mol. The van der Waals surface area contributed by atoms with E-state index in [0.717, 1.165) is 25.1 Å². The number of benzene rings is 1.